The van der Waals surface area contributed by atoms with Crippen molar-refractivity contribution in [3.05, 3.63) is 11.9 Å². The Kier molecular flexibility index (Phi) is 4.13. The van der Waals surface area contributed by atoms with Gasteiger partial charge in [-0.05, 0) is 13.8 Å². The van der Waals surface area contributed by atoms with E-state index in [4.69, 9.17) is 5.73 Å². The van der Waals surface area contributed by atoms with Crippen molar-refractivity contribution < 1.29 is 8.78 Å². The highest BCUT2D eigenvalue weighted by molar-refractivity contribution is 5.85. The molecule has 0 aromatic carbocycles. The average Bonchev–Trinajstić information content (AvgIpc) is 2.30. The fourth-order valence-corrected chi connectivity index (χ4v) is 0.854. The van der Waals surface area contributed by atoms with Crippen LogP contribution in [0.3, 0.4) is 0 Å². The molecule has 0 aliphatic heterocycles. The van der Waals surface area contributed by atoms with Gasteiger partial charge in [-0.15, -0.1) is 12.4 Å². The Morgan fingerprint density at radius 2 is 2.00 bits per heavy atom. The normalized spacial score (nSPS) is 10.6. The third kappa shape index (κ3) is 2.55. The number of anilines is 1. The van der Waals surface area contributed by atoms with Crippen LogP contribution in [0.4, 0.5) is 14.5 Å². The van der Waals surface area contributed by atoms with Gasteiger partial charge in [0.15, 0.2) is 5.69 Å². The lowest BCUT2D eigenvalue weighted by Gasteiger charge is -2.02. The molecule has 1 rings (SSSR count). The Morgan fingerprint density at radius 1 is 1.46 bits per heavy atom. The molecule has 0 aliphatic carbocycles. The zero-order chi connectivity index (χ0) is 9.30. The molecule has 3 nitrogen and oxygen atoms in total. The summed E-state index contributed by atoms with van der Waals surface area (Å²) in [5, 5.41) is 3.65. The predicted octanol–water partition coefficient (Wildman–Crippen LogP) is 2.41. The van der Waals surface area contributed by atoms with Gasteiger partial charge < -0.3 is 5.73 Å². The van der Waals surface area contributed by atoms with Crippen molar-refractivity contribution in [1.82, 2.24) is 9.78 Å². The van der Waals surface area contributed by atoms with E-state index in [0.29, 0.717) is 0 Å². The molecule has 76 valence electrons. The number of nitrogen functional groups attached to an aromatic ring is 1. The Hall–Kier alpha value is -0.840. The molecule has 0 amide bonds. The monoisotopic (exact) mass is 211 g/mol. The number of nitrogens with two attached hydrogens (primary N) is 1. The van der Waals surface area contributed by atoms with Crippen LogP contribution in [0.5, 0.6) is 0 Å². The number of hydrogen-bond acceptors (Lipinski definition) is 2. The second-order valence-electron chi connectivity index (χ2n) is 2.84. The van der Waals surface area contributed by atoms with Crippen LogP contribution in [-0.2, 0) is 0 Å². The van der Waals surface area contributed by atoms with Crippen LogP contribution in [0.1, 0.15) is 32.0 Å². The van der Waals surface area contributed by atoms with E-state index < -0.39 is 6.43 Å². The molecule has 2 N–H and O–H groups in total. The molecular formula is C7H12ClF2N3. The van der Waals surface area contributed by atoms with Gasteiger partial charge in [-0.1, -0.05) is 0 Å². The molecule has 13 heavy (non-hydrogen) atoms. The van der Waals surface area contributed by atoms with Crippen LogP contribution in [0.25, 0.3) is 0 Å². The van der Waals surface area contributed by atoms with Crippen LogP contribution in [0.2, 0.25) is 0 Å². The fourth-order valence-electron chi connectivity index (χ4n) is 0.854. The minimum absolute atomic E-state index is 0. The third-order valence-corrected chi connectivity index (χ3v) is 1.53. The second kappa shape index (κ2) is 4.41. The smallest absolute Gasteiger partial charge is 0.284 e. The zero-order valence-corrected chi connectivity index (χ0v) is 8.18. The molecule has 0 bridgehead atoms. The average molecular weight is 212 g/mol. The van der Waals surface area contributed by atoms with Crippen LogP contribution >= 0.6 is 12.4 Å². The lowest BCUT2D eigenvalue weighted by Crippen LogP contribution is -2.01. The minimum atomic E-state index is -2.59. The maximum absolute atomic E-state index is 12.1. The van der Waals surface area contributed by atoms with Gasteiger partial charge in [-0.2, -0.15) is 5.10 Å². The van der Waals surface area contributed by atoms with Gasteiger partial charge in [0.2, 0.25) is 0 Å². The van der Waals surface area contributed by atoms with Gasteiger partial charge >= 0.3 is 0 Å². The quantitative estimate of drug-likeness (QED) is 0.817. The van der Waals surface area contributed by atoms with Crippen LogP contribution in [0, 0.1) is 0 Å². The van der Waals surface area contributed by atoms with Gasteiger partial charge in [0.1, 0.15) is 0 Å². The van der Waals surface area contributed by atoms with E-state index in [-0.39, 0.29) is 29.8 Å². The van der Waals surface area contributed by atoms with E-state index in [0.717, 1.165) is 0 Å². The van der Waals surface area contributed by atoms with Crippen molar-refractivity contribution in [1.29, 1.82) is 0 Å². The summed E-state index contributed by atoms with van der Waals surface area (Å²) in [4.78, 5) is 0. The third-order valence-electron chi connectivity index (χ3n) is 1.53. The first-order chi connectivity index (χ1) is 5.52. The molecule has 6 heteroatoms. The summed E-state index contributed by atoms with van der Waals surface area (Å²) in [6.45, 7) is 3.70. The summed E-state index contributed by atoms with van der Waals surface area (Å²) in [5.74, 6) is 0. The molecule has 0 fully saturated rings. The summed E-state index contributed by atoms with van der Waals surface area (Å²) in [6.07, 6.45) is -1.17. The maximum Gasteiger partial charge on any atom is 0.284 e. The highest BCUT2D eigenvalue weighted by atomic mass is 35.5. The summed E-state index contributed by atoms with van der Waals surface area (Å²) in [6, 6.07) is 0.0554. The molecule has 0 radical (unpaired) electrons. The molecule has 1 heterocycles. The summed E-state index contributed by atoms with van der Waals surface area (Å²) >= 11 is 0. The standard InChI is InChI=1S/C7H11F2N3.ClH/c1-4(2)12-3-5(10)6(11-12)7(8)9;/h3-4,7H,10H2,1-2H3;1H. The summed E-state index contributed by atoms with van der Waals surface area (Å²) < 4.78 is 25.7. The van der Waals surface area contributed by atoms with Crippen molar-refractivity contribution in [3.8, 4) is 0 Å². The SMILES string of the molecule is CC(C)n1cc(N)c(C(F)F)n1.Cl. The van der Waals surface area contributed by atoms with Gasteiger partial charge in [-0.3, -0.25) is 4.68 Å². The van der Waals surface area contributed by atoms with Gasteiger partial charge in [-0.25, -0.2) is 8.78 Å². The van der Waals surface area contributed by atoms with Gasteiger partial charge in [0, 0.05) is 12.2 Å². The largest absolute Gasteiger partial charge is 0.396 e. The second-order valence-corrected chi connectivity index (χ2v) is 2.84. The van der Waals surface area contributed by atoms with Crippen molar-refractivity contribution in [2.75, 3.05) is 5.73 Å². The first-order valence-corrected chi connectivity index (χ1v) is 3.65. The molecule has 0 saturated heterocycles. The minimum Gasteiger partial charge on any atom is -0.396 e. The number of alkyl halides is 2. The Morgan fingerprint density at radius 3 is 2.23 bits per heavy atom. The first kappa shape index (κ1) is 12.2. The molecule has 0 saturated carbocycles. The number of rotatable bonds is 2. The highest BCUT2D eigenvalue weighted by Gasteiger charge is 2.16. The Labute approximate surface area is 81.3 Å². The Bertz CT molecular complexity index is 273. The van der Waals surface area contributed by atoms with Crippen molar-refractivity contribution in [2.45, 2.75) is 26.3 Å². The van der Waals surface area contributed by atoms with E-state index in [1.165, 1.54) is 10.9 Å². The van der Waals surface area contributed by atoms with E-state index in [2.05, 4.69) is 5.10 Å². The lowest BCUT2D eigenvalue weighted by atomic mass is 10.4. The van der Waals surface area contributed by atoms with Gasteiger partial charge in [0.25, 0.3) is 6.43 Å². The van der Waals surface area contributed by atoms with Crippen LogP contribution < -0.4 is 5.73 Å². The molecule has 0 aliphatic rings. The predicted molar refractivity (Wildman–Crippen MR) is 49.2 cm³/mol. The Balaban J connectivity index is 0.00000144. The van der Waals surface area contributed by atoms with E-state index in [1.807, 2.05) is 13.8 Å². The first-order valence-electron chi connectivity index (χ1n) is 3.65. The van der Waals surface area contributed by atoms with E-state index >= 15 is 0 Å². The number of nitrogens with zero attached hydrogens (tertiary/aromatic N) is 2. The lowest BCUT2D eigenvalue weighted by molar-refractivity contribution is 0.145. The molecule has 0 atom stereocenters. The van der Waals surface area contributed by atoms with E-state index in [1.54, 1.807) is 0 Å². The number of hydrogen-bond donors (Lipinski definition) is 1. The summed E-state index contributed by atoms with van der Waals surface area (Å²) in [7, 11) is 0. The number of aromatic nitrogens is 2. The van der Waals surface area contributed by atoms with Crippen molar-refractivity contribution in [2.24, 2.45) is 0 Å². The van der Waals surface area contributed by atoms with Crippen LogP contribution in [-0.4, -0.2) is 9.78 Å². The molecule has 0 unspecified atom stereocenters. The summed E-state index contributed by atoms with van der Waals surface area (Å²) in [5.41, 5.74) is 5.04. The van der Waals surface area contributed by atoms with Crippen LogP contribution in [0.15, 0.2) is 6.20 Å². The van der Waals surface area contributed by atoms with Crippen molar-refractivity contribution in [3.63, 3.8) is 0 Å². The van der Waals surface area contributed by atoms with Gasteiger partial charge in [0.05, 0.1) is 5.69 Å². The molecule has 0 spiro atoms. The fraction of sp³-hybridized carbons (Fsp3) is 0.571. The zero-order valence-electron chi connectivity index (χ0n) is 7.37. The van der Waals surface area contributed by atoms with E-state index in [9.17, 15) is 8.78 Å². The topological polar surface area (TPSA) is 43.8 Å². The maximum atomic E-state index is 12.1. The molecule has 1 aromatic rings. The molecular weight excluding hydrogens is 200 g/mol. The number of halogens is 3. The van der Waals surface area contributed by atoms with Crippen molar-refractivity contribution >= 4 is 18.1 Å². The molecule has 1 aromatic heterocycles. The highest BCUT2D eigenvalue weighted by Crippen LogP contribution is 2.23.